The second-order valence-electron chi connectivity index (χ2n) is 4.22. The number of carboxylic acid groups (broad SMARTS) is 1. The van der Waals surface area contributed by atoms with Crippen molar-refractivity contribution in [2.75, 3.05) is 5.32 Å². The van der Waals surface area contributed by atoms with E-state index in [9.17, 15) is 4.79 Å². The van der Waals surface area contributed by atoms with Gasteiger partial charge in [0.25, 0.3) is 0 Å². The molecule has 2 heterocycles. The molecule has 96 valence electrons. The highest BCUT2D eigenvalue weighted by molar-refractivity contribution is 5.88. The lowest BCUT2D eigenvalue weighted by atomic mass is 10.1. The van der Waals surface area contributed by atoms with E-state index >= 15 is 0 Å². The highest BCUT2D eigenvalue weighted by Gasteiger charge is 2.14. The molecule has 0 spiro atoms. The van der Waals surface area contributed by atoms with Crippen LogP contribution in [0.2, 0.25) is 0 Å². The number of aliphatic carboxylic acids is 1. The molecule has 0 saturated heterocycles. The van der Waals surface area contributed by atoms with Crippen molar-refractivity contribution in [1.82, 2.24) is 4.98 Å². The third-order valence-electron chi connectivity index (χ3n) is 2.78. The molecule has 0 fully saturated rings. The molecule has 2 N–H and O–H groups in total. The first-order chi connectivity index (χ1) is 8.70. The van der Waals surface area contributed by atoms with E-state index in [1.54, 1.807) is 18.5 Å². The minimum atomic E-state index is -0.805. The summed E-state index contributed by atoms with van der Waals surface area (Å²) in [4.78, 5) is 15.1. The lowest BCUT2D eigenvalue weighted by Gasteiger charge is -2.16. The van der Waals surface area contributed by atoms with Gasteiger partial charge in [-0.15, -0.1) is 0 Å². The standard InChI is InChI=1S/C13H16N2O3/c1-2-3-9(8-12(16)17)15-13-10-5-7-18-11(10)4-6-14-13/h4-7,9H,2-3,8H2,1H3,(H,14,15)(H,16,17). The number of carbonyl (C=O) groups is 1. The van der Waals surface area contributed by atoms with Gasteiger partial charge in [-0.1, -0.05) is 13.3 Å². The lowest BCUT2D eigenvalue weighted by molar-refractivity contribution is -0.137. The molecule has 0 amide bonds. The molecular formula is C13H16N2O3. The fourth-order valence-corrected chi connectivity index (χ4v) is 1.99. The van der Waals surface area contributed by atoms with Gasteiger partial charge in [-0.25, -0.2) is 4.98 Å². The molecule has 0 saturated carbocycles. The number of fused-ring (bicyclic) bond motifs is 1. The number of nitrogens with one attached hydrogen (secondary N) is 1. The zero-order chi connectivity index (χ0) is 13.0. The molecule has 2 aromatic rings. The normalized spacial score (nSPS) is 12.5. The van der Waals surface area contributed by atoms with Crippen molar-refractivity contribution in [3.8, 4) is 0 Å². The minimum Gasteiger partial charge on any atom is -0.481 e. The number of carboxylic acids is 1. The Morgan fingerprint density at radius 1 is 1.56 bits per heavy atom. The molecule has 2 aromatic heterocycles. The number of hydrogen-bond acceptors (Lipinski definition) is 4. The van der Waals surface area contributed by atoms with Gasteiger partial charge in [0, 0.05) is 12.2 Å². The second-order valence-corrected chi connectivity index (χ2v) is 4.22. The number of nitrogens with zero attached hydrogens (tertiary/aromatic N) is 1. The fraction of sp³-hybridized carbons (Fsp3) is 0.385. The third kappa shape index (κ3) is 2.80. The van der Waals surface area contributed by atoms with Crippen LogP contribution >= 0.6 is 0 Å². The maximum atomic E-state index is 10.8. The topological polar surface area (TPSA) is 75.4 Å². The zero-order valence-corrected chi connectivity index (χ0v) is 10.2. The first-order valence-electron chi connectivity index (χ1n) is 6.01. The van der Waals surface area contributed by atoms with Crippen LogP contribution in [0.5, 0.6) is 0 Å². The molecular weight excluding hydrogens is 232 g/mol. The fourth-order valence-electron chi connectivity index (χ4n) is 1.99. The van der Waals surface area contributed by atoms with Crippen molar-refractivity contribution in [3.63, 3.8) is 0 Å². The Morgan fingerprint density at radius 3 is 3.11 bits per heavy atom. The van der Waals surface area contributed by atoms with Gasteiger partial charge in [0.05, 0.1) is 18.1 Å². The van der Waals surface area contributed by atoms with E-state index in [4.69, 9.17) is 9.52 Å². The van der Waals surface area contributed by atoms with Gasteiger partial charge in [0.1, 0.15) is 11.4 Å². The molecule has 5 nitrogen and oxygen atoms in total. The van der Waals surface area contributed by atoms with E-state index < -0.39 is 5.97 Å². The maximum Gasteiger partial charge on any atom is 0.305 e. The Hall–Kier alpha value is -2.04. The van der Waals surface area contributed by atoms with Crippen molar-refractivity contribution >= 4 is 22.8 Å². The summed E-state index contributed by atoms with van der Waals surface area (Å²) in [6, 6.07) is 3.50. The van der Waals surface area contributed by atoms with Gasteiger partial charge in [-0.3, -0.25) is 4.79 Å². The Labute approximate surface area is 105 Å². The largest absolute Gasteiger partial charge is 0.481 e. The van der Waals surface area contributed by atoms with Crippen LogP contribution < -0.4 is 5.32 Å². The van der Waals surface area contributed by atoms with Crippen LogP contribution in [0.3, 0.4) is 0 Å². The third-order valence-corrected chi connectivity index (χ3v) is 2.78. The molecule has 0 radical (unpaired) electrons. The Morgan fingerprint density at radius 2 is 2.39 bits per heavy atom. The molecule has 1 unspecified atom stereocenters. The van der Waals surface area contributed by atoms with E-state index in [-0.39, 0.29) is 12.5 Å². The number of pyridine rings is 1. The Kier molecular flexibility index (Phi) is 3.82. The molecule has 0 aromatic carbocycles. The summed E-state index contributed by atoms with van der Waals surface area (Å²) in [6.07, 6.45) is 5.06. The first kappa shape index (κ1) is 12.4. The van der Waals surface area contributed by atoms with E-state index in [0.717, 1.165) is 23.8 Å². The predicted octanol–water partition coefficient (Wildman–Crippen LogP) is 2.88. The van der Waals surface area contributed by atoms with Crippen LogP contribution in [0, 0.1) is 0 Å². The summed E-state index contributed by atoms with van der Waals surface area (Å²) < 4.78 is 5.28. The first-order valence-corrected chi connectivity index (χ1v) is 6.01. The summed E-state index contributed by atoms with van der Waals surface area (Å²) in [6.45, 7) is 2.03. The van der Waals surface area contributed by atoms with Crippen molar-refractivity contribution in [2.24, 2.45) is 0 Å². The average Bonchev–Trinajstić information content (AvgIpc) is 2.77. The number of hydrogen-bond donors (Lipinski definition) is 2. The second kappa shape index (κ2) is 5.53. The molecule has 0 aliphatic heterocycles. The molecule has 18 heavy (non-hydrogen) atoms. The number of rotatable bonds is 6. The van der Waals surface area contributed by atoms with Gasteiger partial charge in [0.15, 0.2) is 0 Å². The average molecular weight is 248 g/mol. The highest BCUT2D eigenvalue weighted by atomic mass is 16.4. The van der Waals surface area contributed by atoms with Crippen LogP contribution in [-0.4, -0.2) is 22.1 Å². The lowest BCUT2D eigenvalue weighted by Crippen LogP contribution is -2.23. The van der Waals surface area contributed by atoms with Gasteiger partial charge in [-0.2, -0.15) is 0 Å². The maximum absolute atomic E-state index is 10.8. The SMILES string of the molecule is CCCC(CC(=O)O)Nc1nccc2occc12. The Balaban J connectivity index is 2.19. The monoisotopic (exact) mass is 248 g/mol. The van der Waals surface area contributed by atoms with E-state index in [0.29, 0.717) is 5.82 Å². The van der Waals surface area contributed by atoms with E-state index in [2.05, 4.69) is 10.3 Å². The van der Waals surface area contributed by atoms with Crippen LogP contribution in [0.1, 0.15) is 26.2 Å². The zero-order valence-electron chi connectivity index (χ0n) is 10.2. The number of furan rings is 1. The van der Waals surface area contributed by atoms with Crippen molar-refractivity contribution in [1.29, 1.82) is 0 Å². The van der Waals surface area contributed by atoms with Crippen molar-refractivity contribution in [2.45, 2.75) is 32.2 Å². The van der Waals surface area contributed by atoms with Gasteiger partial charge < -0.3 is 14.8 Å². The Bertz CT molecular complexity index is 536. The number of aromatic nitrogens is 1. The minimum absolute atomic E-state index is 0.0871. The molecule has 2 rings (SSSR count). The van der Waals surface area contributed by atoms with E-state index in [1.807, 2.05) is 13.0 Å². The van der Waals surface area contributed by atoms with Crippen molar-refractivity contribution < 1.29 is 14.3 Å². The van der Waals surface area contributed by atoms with Gasteiger partial charge in [-0.05, 0) is 18.6 Å². The quantitative estimate of drug-likeness (QED) is 0.822. The smallest absolute Gasteiger partial charge is 0.305 e. The van der Waals surface area contributed by atoms with Gasteiger partial charge >= 0.3 is 5.97 Å². The van der Waals surface area contributed by atoms with Gasteiger partial charge in [0.2, 0.25) is 0 Å². The summed E-state index contributed by atoms with van der Waals surface area (Å²) in [7, 11) is 0. The molecule has 0 aliphatic carbocycles. The summed E-state index contributed by atoms with van der Waals surface area (Å²) in [5.74, 6) is -0.124. The van der Waals surface area contributed by atoms with Crippen LogP contribution in [-0.2, 0) is 4.79 Å². The van der Waals surface area contributed by atoms with Crippen LogP contribution in [0.25, 0.3) is 11.0 Å². The summed E-state index contributed by atoms with van der Waals surface area (Å²) in [5.41, 5.74) is 0.748. The molecule has 5 heteroatoms. The summed E-state index contributed by atoms with van der Waals surface area (Å²) in [5, 5.41) is 13.0. The molecule has 0 aliphatic rings. The highest BCUT2D eigenvalue weighted by Crippen LogP contribution is 2.23. The van der Waals surface area contributed by atoms with Crippen molar-refractivity contribution in [3.05, 3.63) is 24.6 Å². The predicted molar refractivity (Wildman–Crippen MR) is 68.6 cm³/mol. The molecule has 1 atom stereocenters. The van der Waals surface area contributed by atoms with Crippen LogP contribution in [0.4, 0.5) is 5.82 Å². The number of anilines is 1. The van der Waals surface area contributed by atoms with E-state index in [1.165, 1.54) is 0 Å². The summed E-state index contributed by atoms with van der Waals surface area (Å²) >= 11 is 0. The molecule has 0 bridgehead atoms. The van der Waals surface area contributed by atoms with Crippen LogP contribution in [0.15, 0.2) is 29.0 Å².